The number of benzene rings is 6. The minimum atomic E-state index is -0.512. The van der Waals surface area contributed by atoms with E-state index in [4.69, 9.17) is 16.3 Å². The van der Waals surface area contributed by atoms with Crippen LogP contribution in [0.4, 0.5) is 0 Å². The Bertz CT molecular complexity index is 2070. The fourth-order valence-corrected chi connectivity index (χ4v) is 8.30. The van der Waals surface area contributed by atoms with E-state index in [1.54, 1.807) is 0 Å². The number of fused-ring (bicyclic) bond motifs is 12. The van der Waals surface area contributed by atoms with Gasteiger partial charge < -0.3 is 4.74 Å². The quantitative estimate of drug-likeness (QED) is 0.195. The number of ether oxygens (including phenoxy) is 1. The van der Waals surface area contributed by atoms with Gasteiger partial charge in [-0.1, -0.05) is 135 Å². The topological polar surface area (TPSA) is 9.23 Å². The van der Waals surface area contributed by atoms with Crippen LogP contribution in [0.5, 0.6) is 11.5 Å². The van der Waals surface area contributed by atoms with Crippen molar-refractivity contribution in [3.8, 4) is 44.9 Å². The monoisotopic (exact) mass is 558 g/mol. The molecule has 0 aromatic heterocycles. The van der Waals surface area contributed by atoms with Crippen LogP contribution in [0.1, 0.15) is 47.2 Å². The van der Waals surface area contributed by atoms with Crippen molar-refractivity contribution >= 4 is 11.6 Å². The van der Waals surface area contributed by atoms with Gasteiger partial charge in [0, 0.05) is 22.1 Å². The summed E-state index contributed by atoms with van der Waals surface area (Å²) in [6.07, 6.45) is 0. The first-order chi connectivity index (χ1) is 20.5. The van der Waals surface area contributed by atoms with Gasteiger partial charge in [0.15, 0.2) is 0 Å². The van der Waals surface area contributed by atoms with Crippen LogP contribution in [-0.2, 0) is 10.8 Å². The molecule has 0 saturated heterocycles. The minimum Gasteiger partial charge on any atom is -0.456 e. The molecule has 0 saturated carbocycles. The standard InChI is InChI=1S/C40H27ClO/c1-39(2)29-14-6-3-13-27(29)28-23-24(19-20-30(28)39)37-35(41)22-21-34-38(37)42-36-18-10-9-17-33(36)40(34)31-15-7-4-11-25(31)26-12-5-8-16-32(26)40/h3-23H,1-2H3. The van der Waals surface area contributed by atoms with Gasteiger partial charge in [0.25, 0.3) is 0 Å². The third-order valence-corrected chi connectivity index (χ3v) is 10.2. The van der Waals surface area contributed by atoms with Crippen LogP contribution in [0.15, 0.2) is 127 Å². The largest absolute Gasteiger partial charge is 0.456 e. The van der Waals surface area contributed by atoms with Crippen molar-refractivity contribution in [2.75, 3.05) is 0 Å². The molecular formula is C40H27ClO. The van der Waals surface area contributed by atoms with Gasteiger partial charge in [0.05, 0.1) is 10.4 Å². The molecule has 1 spiro atoms. The molecule has 0 N–H and O–H groups in total. The van der Waals surface area contributed by atoms with Crippen LogP contribution in [0.2, 0.25) is 5.02 Å². The van der Waals surface area contributed by atoms with Gasteiger partial charge in [-0.25, -0.2) is 0 Å². The molecule has 0 amide bonds. The zero-order chi connectivity index (χ0) is 28.2. The van der Waals surface area contributed by atoms with Gasteiger partial charge in [-0.3, -0.25) is 0 Å². The second-order valence-electron chi connectivity index (χ2n) is 12.2. The Hall–Kier alpha value is -4.59. The van der Waals surface area contributed by atoms with Crippen LogP contribution in [-0.4, -0.2) is 0 Å². The molecule has 9 rings (SSSR count). The molecule has 0 fully saturated rings. The molecule has 0 bridgehead atoms. The summed E-state index contributed by atoms with van der Waals surface area (Å²) in [6.45, 7) is 4.63. The Labute approximate surface area is 251 Å². The maximum absolute atomic E-state index is 7.15. The predicted molar refractivity (Wildman–Crippen MR) is 172 cm³/mol. The number of para-hydroxylation sites is 1. The molecule has 0 radical (unpaired) electrons. The van der Waals surface area contributed by atoms with Crippen LogP contribution in [0, 0.1) is 0 Å². The number of hydrogen-bond acceptors (Lipinski definition) is 1. The fraction of sp³-hybridized carbons (Fsp3) is 0.100. The summed E-state index contributed by atoms with van der Waals surface area (Å²) in [5.74, 6) is 1.70. The van der Waals surface area contributed by atoms with E-state index in [9.17, 15) is 0 Å². The average molecular weight is 559 g/mol. The van der Waals surface area contributed by atoms with Crippen LogP contribution >= 0.6 is 11.6 Å². The maximum atomic E-state index is 7.15. The van der Waals surface area contributed by atoms with Crippen molar-refractivity contribution in [1.82, 2.24) is 0 Å². The molecule has 200 valence electrons. The normalized spacial score (nSPS) is 15.6. The molecule has 1 aliphatic heterocycles. The molecule has 6 aromatic carbocycles. The molecular weight excluding hydrogens is 532 g/mol. The lowest BCUT2D eigenvalue weighted by Gasteiger charge is -2.40. The van der Waals surface area contributed by atoms with Gasteiger partial charge in [0.2, 0.25) is 0 Å². The highest BCUT2D eigenvalue weighted by Gasteiger charge is 2.51. The highest BCUT2D eigenvalue weighted by Crippen LogP contribution is 2.64. The molecule has 2 heteroatoms. The SMILES string of the molecule is CC1(C)c2ccccc2-c2cc(-c3c(Cl)ccc4c3Oc3ccccc3C43c4ccccc4-c4ccccc43)ccc21. The predicted octanol–water partition coefficient (Wildman–Crippen LogP) is 10.8. The first-order valence-corrected chi connectivity index (χ1v) is 14.9. The smallest absolute Gasteiger partial charge is 0.141 e. The molecule has 3 aliphatic rings. The molecule has 6 aromatic rings. The number of hydrogen-bond donors (Lipinski definition) is 0. The van der Waals surface area contributed by atoms with Crippen LogP contribution in [0.3, 0.4) is 0 Å². The van der Waals surface area contributed by atoms with E-state index in [0.29, 0.717) is 5.02 Å². The second-order valence-corrected chi connectivity index (χ2v) is 12.6. The van der Waals surface area contributed by atoms with Crippen molar-refractivity contribution in [2.45, 2.75) is 24.7 Å². The van der Waals surface area contributed by atoms with Gasteiger partial charge in [-0.05, 0) is 68.3 Å². The third-order valence-electron chi connectivity index (χ3n) is 9.84. The van der Waals surface area contributed by atoms with Crippen LogP contribution in [0.25, 0.3) is 33.4 Å². The van der Waals surface area contributed by atoms with Crippen molar-refractivity contribution in [1.29, 1.82) is 0 Å². The summed E-state index contributed by atoms with van der Waals surface area (Å²) in [5, 5.41) is 0.688. The van der Waals surface area contributed by atoms with Gasteiger partial charge in [-0.2, -0.15) is 0 Å². The lowest BCUT2D eigenvalue weighted by molar-refractivity contribution is 0.438. The molecule has 1 nitrogen and oxygen atoms in total. The molecule has 2 aliphatic carbocycles. The van der Waals surface area contributed by atoms with Gasteiger partial charge >= 0.3 is 0 Å². The second kappa shape index (κ2) is 8.25. The summed E-state index contributed by atoms with van der Waals surface area (Å²) in [6, 6.07) is 46.0. The van der Waals surface area contributed by atoms with Crippen molar-refractivity contribution < 1.29 is 4.74 Å². The zero-order valence-corrected chi connectivity index (χ0v) is 24.2. The van der Waals surface area contributed by atoms with Crippen LogP contribution < -0.4 is 4.74 Å². The lowest BCUT2D eigenvalue weighted by Crippen LogP contribution is -2.32. The average Bonchev–Trinajstić information content (AvgIpc) is 3.44. The fourth-order valence-electron chi connectivity index (χ4n) is 8.04. The summed E-state index contributed by atoms with van der Waals surface area (Å²) >= 11 is 7.15. The Kier molecular flexibility index (Phi) is 4.72. The highest BCUT2D eigenvalue weighted by atomic mass is 35.5. The molecule has 0 atom stereocenters. The summed E-state index contributed by atoms with van der Waals surface area (Å²) in [4.78, 5) is 0. The van der Waals surface area contributed by atoms with Crippen molar-refractivity contribution in [3.63, 3.8) is 0 Å². The van der Waals surface area contributed by atoms with Gasteiger partial charge in [0.1, 0.15) is 11.5 Å². The van der Waals surface area contributed by atoms with E-state index in [-0.39, 0.29) is 5.41 Å². The first kappa shape index (κ1) is 24.1. The first-order valence-electron chi connectivity index (χ1n) is 14.6. The zero-order valence-electron chi connectivity index (χ0n) is 23.4. The Morgan fingerprint density at radius 3 is 1.71 bits per heavy atom. The van der Waals surface area contributed by atoms with E-state index < -0.39 is 5.41 Å². The summed E-state index contributed by atoms with van der Waals surface area (Å²) < 4.78 is 6.91. The lowest BCUT2D eigenvalue weighted by atomic mass is 9.65. The Morgan fingerprint density at radius 2 is 1.02 bits per heavy atom. The molecule has 0 unspecified atom stereocenters. The van der Waals surface area contributed by atoms with Crippen molar-refractivity contribution in [3.05, 3.63) is 166 Å². The maximum Gasteiger partial charge on any atom is 0.141 e. The number of rotatable bonds is 1. The molecule has 1 heterocycles. The molecule has 42 heavy (non-hydrogen) atoms. The Morgan fingerprint density at radius 1 is 0.500 bits per heavy atom. The summed E-state index contributed by atoms with van der Waals surface area (Å²) in [7, 11) is 0. The van der Waals surface area contributed by atoms with E-state index >= 15 is 0 Å². The van der Waals surface area contributed by atoms with Gasteiger partial charge in [-0.15, -0.1) is 0 Å². The number of halogens is 1. The third kappa shape index (κ3) is 2.84. The van der Waals surface area contributed by atoms with E-state index in [1.807, 2.05) is 0 Å². The van der Waals surface area contributed by atoms with E-state index in [0.717, 1.165) is 33.8 Å². The van der Waals surface area contributed by atoms with Crippen molar-refractivity contribution in [2.24, 2.45) is 0 Å². The van der Waals surface area contributed by atoms with E-state index in [1.165, 1.54) is 44.5 Å². The summed E-state index contributed by atoms with van der Waals surface area (Å²) in [5.41, 5.74) is 14.1. The Balaban J connectivity index is 1.37. The highest BCUT2D eigenvalue weighted by molar-refractivity contribution is 6.34. The van der Waals surface area contributed by atoms with E-state index in [2.05, 4.69) is 141 Å². The minimum absolute atomic E-state index is 0.0544.